The number of nitrogens with one attached hydrogen (secondary N) is 1. The van der Waals surface area contributed by atoms with Crippen molar-refractivity contribution in [3.8, 4) is 0 Å². The van der Waals surface area contributed by atoms with Crippen molar-refractivity contribution in [2.45, 2.75) is 20.4 Å². The maximum atomic E-state index is 13.2. The summed E-state index contributed by atoms with van der Waals surface area (Å²) in [7, 11) is 0. The van der Waals surface area contributed by atoms with Crippen molar-refractivity contribution in [2.75, 3.05) is 5.32 Å². The van der Waals surface area contributed by atoms with Gasteiger partial charge in [0.2, 0.25) is 0 Å². The number of hydrogen-bond acceptors (Lipinski definition) is 3. The highest BCUT2D eigenvalue weighted by molar-refractivity contribution is 5.61. The third-order valence-corrected chi connectivity index (χ3v) is 2.92. The van der Waals surface area contributed by atoms with Gasteiger partial charge < -0.3 is 5.32 Å². The summed E-state index contributed by atoms with van der Waals surface area (Å²) in [5.41, 5.74) is 3.30. The third-order valence-electron chi connectivity index (χ3n) is 2.92. The predicted octanol–water partition coefficient (Wildman–Crippen LogP) is 3.96. The fourth-order valence-electron chi connectivity index (χ4n) is 2.18. The fraction of sp³-hybridized carbons (Fsp3) is 0.200. The van der Waals surface area contributed by atoms with E-state index in [4.69, 9.17) is 0 Å². The third kappa shape index (κ3) is 3.32. The Morgan fingerprint density at radius 2 is 1.80 bits per heavy atom. The van der Waals surface area contributed by atoms with Crippen LogP contribution in [0.15, 0.2) is 36.4 Å². The summed E-state index contributed by atoms with van der Waals surface area (Å²) >= 11 is 0. The Morgan fingerprint density at radius 3 is 2.40 bits per heavy atom. The number of benzene rings is 2. The van der Waals surface area contributed by atoms with Gasteiger partial charge in [0, 0.05) is 18.7 Å². The van der Waals surface area contributed by atoms with Crippen LogP contribution in [0.3, 0.4) is 0 Å². The molecule has 0 aliphatic rings. The molecule has 1 N–H and O–H groups in total. The molecule has 5 heteroatoms. The topological polar surface area (TPSA) is 55.2 Å². The first-order chi connectivity index (χ1) is 9.45. The van der Waals surface area contributed by atoms with Crippen molar-refractivity contribution in [3.63, 3.8) is 0 Å². The van der Waals surface area contributed by atoms with Crippen LogP contribution in [0.4, 0.5) is 15.8 Å². The number of rotatable bonds is 4. The van der Waals surface area contributed by atoms with E-state index in [2.05, 4.69) is 5.32 Å². The van der Waals surface area contributed by atoms with Crippen molar-refractivity contribution in [2.24, 2.45) is 0 Å². The van der Waals surface area contributed by atoms with E-state index in [1.807, 2.05) is 32.0 Å². The van der Waals surface area contributed by atoms with Gasteiger partial charge in [-0.05, 0) is 25.5 Å². The van der Waals surface area contributed by atoms with Crippen molar-refractivity contribution < 1.29 is 9.31 Å². The standard InChI is InChI=1S/C15H15FN2O2/c1-10-5-11(2)7-12(6-10)9-17-14-8-13(16)3-4-15(14)18(19)20/h3-8,17H,9H2,1-2H3. The van der Waals surface area contributed by atoms with Crippen LogP contribution in [0.25, 0.3) is 0 Å². The van der Waals surface area contributed by atoms with Gasteiger partial charge in [-0.15, -0.1) is 0 Å². The SMILES string of the molecule is Cc1cc(C)cc(CNc2cc(F)ccc2[N+](=O)[O-])c1. The number of aryl methyl sites for hydroxylation is 2. The largest absolute Gasteiger partial charge is 0.375 e. The van der Waals surface area contributed by atoms with E-state index < -0.39 is 10.7 Å². The fourth-order valence-corrected chi connectivity index (χ4v) is 2.18. The van der Waals surface area contributed by atoms with Gasteiger partial charge in [0.15, 0.2) is 0 Å². The number of hydrogen-bond donors (Lipinski definition) is 1. The number of anilines is 1. The van der Waals surface area contributed by atoms with Crippen LogP contribution in [-0.4, -0.2) is 4.92 Å². The lowest BCUT2D eigenvalue weighted by Crippen LogP contribution is -2.03. The predicted molar refractivity (Wildman–Crippen MR) is 76.3 cm³/mol. The van der Waals surface area contributed by atoms with E-state index in [0.29, 0.717) is 6.54 Å². The summed E-state index contributed by atoms with van der Waals surface area (Å²) in [5, 5.41) is 13.8. The number of halogens is 1. The average molecular weight is 274 g/mol. The summed E-state index contributed by atoms with van der Waals surface area (Å²) in [6.45, 7) is 4.38. The molecule has 0 saturated carbocycles. The van der Waals surface area contributed by atoms with Crippen LogP contribution in [-0.2, 0) is 6.54 Å². The zero-order chi connectivity index (χ0) is 14.7. The Kier molecular flexibility index (Phi) is 3.98. The second-order valence-corrected chi connectivity index (χ2v) is 4.77. The van der Waals surface area contributed by atoms with Gasteiger partial charge in [0.25, 0.3) is 5.69 Å². The molecule has 0 radical (unpaired) electrons. The molecule has 0 spiro atoms. The first-order valence-electron chi connectivity index (χ1n) is 6.20. The zero-order valence-corrected chi connectivity index (χ0v) is 11.3. The highest BCUT2D eigenvalue weighted by atomic mass is 19.1. The lowest BCUT2D eigenvalue weighted by Gasteiger charge is -2.09. The van der Waals surface area contributed by atoms with Crippen LogP contribution in [0.1, 0.15) is 16.7 Å². The number of nitrogens with zero attached hydrogens (tertiary/aromatic N) is 1. The molecule has 0 amide bonds. The summed E-state index contributed by atoms with van der Waals surface area (Å²) in [6.07, 6.45) is 0. The maximum Gasteiger partial charge on any atom is 0.292 e. The molecule has 2 aromatic rings. The van der Waals surface area contributed by atoms with Crippen LogP contribution in [0, 0.1) is 29.8 Å². The van der Waals surface area contributed by atoms with E-state index in [9.17, 15) is 14.5 Å². The second-order valence-electron chi connectivity index (χ2n) is 4.77. The highest BCUT2D eigenvalue weighted by Crippen LogP contribution is 2.25. The first kappa shape index (κ1) is 14.0. The molecule has 0 saturated heterocycles. The average Bonchev–Trinajstić information content (AvgIpc) is 2.35. The van der Waals surface area contributed by atoms with Gasteiger partial charge in [0.1, 0.15) is 11.5 Å². The van der Waals surface area contributed by atoms with Gasteiger partial charge in [-0.3, -0.25) is 10.1 Å². The molecule has 2 rings (SSSR count). The minimum atomic E-state index is -0.525. The Morgan fingerprint density at radius 1 is 1.15 bits per heavy atom. The molecule has 0 aromatic heterocycles. The van der Waals surface area contributed by atoms with Crippen LogP contribution >= 0.6 is 0 Å². The molecule has 104 valence electrons. The quantitative estimate of drug-likeness (QED) is 0.678. The van der Waals surface area contributed by atoms with E-state index in [0.717, 1.165) is 28.8 Å². The first-order valence-corrected chi connectivity index (χ1v) is 6.20. The molecule has 20 heavy (non-hydrogen) atoms. The summed E-state index contributed by atoms with van der Waals surface area (Å²) in [5.74, 6) is -0.501. The van der Waals surface area contributed by atoms with Crippen LogP contribution in [0.2, 0.25) is 0 Å². The molecular weight excluding hydrogens is 259 g/mol. The highest BCUT2D eigenvalue weighted by Gasteiger charge is 2.14. The maximum absolute atomic E-state index is 13.2. The lowest BCUT2D eigenvalue weighted by molar-refractivity contribution is -0.384. The molecule has 0 bridgehead atoms. The van der Waals surface area contributed by atoms with Crippen LogP contribution in [0.5, 0.6) is 0 Å². The lowest BCUT2D eigenvalue weighted by atomic mass is 10.1. The smallest absolute Gasteiger partial charge is 0.292 e. The molecular formula is C15H15FN2O2. The Labute approximate surface area is 116 Å². The minimum Gasteiger partial charge on any atom is -0.375 e. The Balaban J connectivity index is 2.22. The summed E-state index contributed by atoms with van der Waals surface area (Å²) < 4.78 is 13.2. The van der Waals surface area contributed by atoms with Crippen molar-refractivity contribution >= 4 is 11.4 Å². The molecule has 2 aromatic carbocycles. The molecule has 0 aliphatic carbocycles. The van der Waals surface area contributed by atoms with E-state index in [-0.39, 0.29) is 11.4 Å². The molecule has 0 heterocycles. The van der Waals surface area contributed by atoms with Gasteiger partial charge in [-0.1, -0.05) is 29.3 Å². The van der Waals surface area contributed by atoms with E-state index in [1.165, 1.54) is 6.07 Å². The molecule has 0 unspecified atom stereocenters. The van der Waals surface area contributed by atoms with Crippen LogP contribution < -0.4 is 5.32 Å². The van der Waals surface area contributed by atoms with Gasteiger partial charge >= 0.3 is 0 Å². The Hall–Kier alpha value is -2.43. The second kappa shape index (κ2) is 5.69. The number of nitro groups is 1. The molecule has 0 aliphatic heterocycles. The van der Waals surface area contributed by atoms with Crippen molar-refractivity contribution in [3.05, 3.63) is 69.0 Å². The Bertz CT molecular complexity index is 636. The summed E-state index contributed by atoms with van der Waals surface area (Å²) in [4.78, 5) is 10.4. The van der Waals surface area contributed by atoms with Crippen molar-refractivity contribution in [1.29, 1.82) is 0 Å². The van der Waals surface area contributed by atoms with E-state index in [1.54, 1.807) is 0 Å². The van der Waals surface area contributed by atoms with Gasteiger partial charge in [0.05, 0.1) is 4.92 Å². The molecule has 0 fully saturated rings. The monoisotopic (exact) mass is 274 g/mol. The van der Waals surface area contributed by atoms with Gasteiger partial charge in [-0.25, -0.2) is 4.39 Å². The van der Waals surface area contributed by atoms with E-state index >= 15 is 0 Å². The molecule has 4 nitrogen and oxygen atoms in total. The van der Waals surface area contributed by atoms with Gasteiger partial charge in [-0.2, -0.15) is 0 Å². The van der Waals surface area contributed by atoms with Crippen molar-refractivity contribution in [1.82, 2.24) is 0 Å². The zero-order valence-electron chi connectivity index (χ0n) is 11.3. The molecule has 0 atom stereocenters. The minimum absolute atomic E-state index is 0.129. The normalized spacial score (nSPS) is 10.3. The number of nitro benzene ring substituents is 1. The summed E-state index contributed by atoms with van der Waals surface area (Å²) in [6, 6.07) is 9.42.